The lowest BCUT2D eigenvalue weighted by Gasteiger charge is -2.15. The Morgan fingerprint density at radius 3 is 2.59 bits per heavy atom. The summed E-state index contributed by atoms with van der Waals surface area (Å²) in [5, 5.41) is 5.09. The minimum atomic E-state index is -3.56. The van der Waals surface area contributed by atoms with Crippen LogP contribution in [0.1, 0.15) is 18.1 Å². The van der Waals surface area contributed by atoms with Gasteiger partial charge in [-0.2, -0.15) is 0 Å². The second kappa shape index (κ2) is 8.61. The molecule has 0 saturated carbocycles. The third kappa shape index (κ3) is 5.35. The molecule has 6 heteroatoms. The maximum atomic E-state index is 12.6. The largest absolute Gasteiger partial charge is 0.315 e. The van der Waals surface area contributed by atoms with Gasteiger partial charge >= 0.3 is 0 Å². The highest BCUT2D eigenvalue weighted by atomic mass is 32.2. The number of aryl methyl sites for hydroxylation is 1. The summed E-state index contributed by atoms with van der Waals surface area (Å²) in [6, 6.07) is 15.1. The molecule has 1 atom stereocenters. The number of pyridine rings is 1. The van der Waals surface area contributed by atoms with Crippen LogP contribution in [0.15, 0.2) is 65.8 Å². The number of fused-ring (bicyclic) bond motifs is 1. The van der Waals surface area contributed by atoms with Gasteiger partial charge in [0.15, 0.2) is 0 Å². The van der Waals surface area contributed by atoms with Crippen LogP contribution in [0.5, 0.6) is 0 Å². The predicted octanol–water partition coefficient (Wildman–Crippen LogP) is 3.04. The average molecular weight is 384 g/mol. The van der Waals surface area contributed by atoms with E-state index in [-0.39, 0.29) is 10.9 Å². The van der Waals surface area contributed by atoms with E-state index in [4.69, 9.17) is 0 Å². The molecule has 0 aliphatic heterocycles. The lowest BCUT2D eigenvalue weighted by atomic mass is 10.1. The molecule has 27 heavy (non-hydrogen) atoms. The Balaban J connectivity index is 1.52. The van der Waals surface area contributed by atoms with Crippen molar-refractivity contribution in [2.45, 2.75) is 31.2 Å². The lowest BCUT2D eigenvalue weighted by Crippen LogP contribution is -2.40. The van der Waals surface area contributed by atoms with E-state index in [1.807, 2.05) is 13.0 Å². The summed E-state index contributed by atoms with van der Waals surface area (Å²) in [4.78, 5) is 4.32. The summed E-state index contributed by atoms with van der Waals surface area (Å²) in [5.74, 6) is 0. The number of hydrogen-bond donors (Lipinski definition) is 2. The van der Waals surface area contributed by atoms with E-state index < -0.39 is 10.0 Å². The van der Waals surface area contributed by atoms with Crippen molar-refractivity contribution in [2.75, 3.05) is 13.1 Å². The van der Waals surface area contributed by atoms with Gasteiger partial charge in [-0.15, -0.1) is 0 Å². The Hall–Kier alpha value is -2.28. The molecule has 0 aliphatic rings. The fourth-order valence-corrected chi connectivity index (χ4v) is 4.19. The fourth-order valence-electron chi connectivity index (χ4n) is 2.91. The van der Waals surface area contributed by atoms with Gasteiger partial charge in [0.2, 0.25) is 10.0 Å². The Morgan fingerprint density at radius 2 is 1.81 bits per heavy atom. The summed E-state index contributed by atoms with van der Waals surface area (Å²) in [6.45, 7) is 5.31. The first-order chi connectivity index (χ1) is 12.9. The molecule has 0 amide bonds. The van der Waals surface area contributed by atoms with Crippen LogP contribution in [0.2, 0.25) is 0 Å². The zero-order valence-corrected chi connectivity index (χ0v) is 16.5. The van der Waals surface area contributed by atoms with Gasteiger partial charge in [-0.1, -0.05) is 35.9 Å². The van der Waals surface area contributed by atoms with Crippen molar-refractivity contribution in [1.82, 2.24) is 15.0 Å². The Kier molecular flexibility index (Phi) is 6.21. The summed E-state index contributed by atoms with van der Waals surface area (Å²) < 4.78 is 28.0. The molecule has 0 bridgehead atoms. The van der Waals surface area contributed by atoms with Crippen LogP contribution in [0, 0.1) is 6.92 Å². The van der Waals surface area contributed by atoms with E-state index in [0.717, 1.165) is 23.7 Å². The van der Waals surface area contributed by atoms with Gasteiger partial charge < -0.3 is 5.32 Å². The molecule has 1 unspecified atom stereocenters. The van der Waals surface area contributed by atoms with Crippen molar-refractivity contribution in [2.24, 2.45) is 0 Å². The molecule has 0 aliphatic carbocycles. The van der Waals surface area contributed by atoms with Crippen LogP contribution in [0.4, 0.5) is 0 Å². The van der Waals surface area contributed by atoms with Gasteiger partial charge in [0.05, 0.1) is 4.90 Å². The van der Waals surface area contributed by atoms with Crippen LogP contribution in [0.25, 0.3) is 10.8 Å². The molecule has 2 N–H and O–H groups in total. The number of nitrogens with one attached hydrogen (secondary N) is 2. The van der Waals surface area contributed by atoms with Crippen LogP contribution >= 0.6 is 0 Å². The van der Waals surface area contributed by atoms with E-state index in [9.17, 15) is 8.42 Å². The minimum absolute atomic E-state index is 0.207. The first kappa shape index (κ1) is 19.5. The molecule has 3 rings (SSSR count). The standard InChI is InChI=1S/C21H25N3O2S/c1-16-3-5-18(6-4-16)9-11-22-14-17(2)24-27(25,26)21-8-7-20-15-23-12-10-19(20)13-21/h3-8,10,12-13,15,17,22,24H,9,11,14H2,1-2H3. The monoisotopic (exact) mass is 383 g/mol. The number of sulfonamides is 1. The maximum absolute atomic E-state index is 12.6. The molecule has 2 aromatic carbocycles. The van der Waals surface area contributed by atoms with Crippen molar-refractivity contribution in [3.05, 3.63) is 72.1 Å². The second-order valence-electron chi connectivity index (χ2n) is 6.85. The number of benzene rings is 2. The fraction of sp³-hybridized carbons (Fsp3) is 0.286. The maximum Gasteiger partial charge on any atom is 0.240 e. The van der Waals surface area contributed by atoms with E-state index in [2.05, 4.69) is 46.2 Å². The first-order valence-corrected chi connectivity index (χ1v) is 10.5. The molecule has 1 aromatic heterocycles. The van der Waals surface area contributed by atoms with Crippen LogP contribution in [-0.4, -0.2) is 32.5 Å². The van der Waals surface area contributed by atoms with Crippen LogP contribution in [0.3, 0.4) is 0 Å². The third-order valence-electron chi connectivity index (χ3n) is 4.44. The topological polar surface area (TPSA) is 71.1 Å². The van der Waals surface area contributed by atoms with E-state index in [1.165, 1.54) is 11.1 Å². The predicted molar refractivity (Wildman–Crippen MR) is 109 cm³/mol. The summed E-state index contributed by atoms with van der Waals surface area (Å²) in [6.07, 6.45) is 4.30. The van der Waals surface area contributed by atoms with Gasteiger partial charge in [0.1, 0.15) is 0 Å². The average Bonchev–Trinajstić information content (AvgIpc) is 2.66. The van der Waals surface area contributed by atoms with E-state index >= 15 is 0 Å². The molecule has 0 fully saturated rings. The molecule has 0 spiro atoms. The summed E-state index contributed by atoms with van der Waals surface area (Å²) in [5.41, 5.74) is 2.52. The highest BCUT2D eigenvalue weighted by Gasteiger charge is 2.17. The van der Waals surface area contributed by atoms with Gasteiger partial charge in [-0.05, 0) is 56.0 Å². The molecule has 1 heterocycles. The molecular weight excluding hydrogens is 358 g/mol. The molecule has 3 aromatic rings. The number of aromatic nitrogens is 1. The van der Waals surface area contributed by atoms with Crippen LogP contribution < -0.4 is 10.0 Å². The van der Waals surface area contributed by atoms with Crippen LogP contribution in [-0.2, 0) is 16.4 Å². The zero-order chi connectivity index (χ0) is 19.3. The normalized spacial score (nSPS) is 13.0. The van der Waals surface area contributed by atoms with Crippen molar-refractivity contribution < 1.29 is 8.42 Å². The van der Waals surface area contributed by atoms with E-state index in [0.29, 0.717) is 6.54 Å². The lowest BCUT2D eigenvalue weighted by molar-refractivity contribution is 0.537. The highest BCUT2D eigenvalue weighted by Crippen LogP contribution is 2.18. The number of nitrogens with zero attached hydrogens (tertiary/aromatic N) is 1. The van der Waals surface area contributed by atoms with Crippen molar-refractivity contribution >= 4 is 20.8 Å². The summed E-state index contributed by atoms with van der Waals surface area (Å²) in [7, 11) is -3.56. The van der Waals surface area contributed by atoms with Gasteiger partial charge in [0, 0.05) is 30.4 Å². The first-order valence-electron chi connectivity index (χ1n) is 9.06. The highest BCUT2D eigenvalue weighted by molar-refractivity contribution is 7.89. The minimum Gasteiger partial charge on any atom is -0.315 e. The molecular formula is C21H25N3O2S. The van der Waals surface area contributed by atoms with Gasteiger partial charge in [-0.25, -0.2) is 13.1 Å². The summed E-state index contributed by atoms with van der Waals surface area (Å²) >= 11 is 0. The Morgan fingerprint density at radius 1 is 1.04 bits per heavy atom. The SMILES string of the molecule is Cc1ccc(CCNCC(C)NS(=O)(=O)c2ccc3cnccc3c2)cc1. The quantitative estimate of drug-likeness (QED) is 0.587. The molecule has 142 valence electrons. The van der Waals surface area contributed by atoms with Crippen molar-refractivity contribution in [1.29, 1.82) is 0 Å². The van der Waals surface area contributed by atoms with Crippen molar-refractivity contribution in [3.8, 4) is 0 Å². The van der Waals surface area contributed by atoms with Gasteiger partial charge in [-0.3, -0.25) is 4.98 Å². The number of rotatable bonds is 8. The second-order valence-corrected chi connectivity index (χ2v) is 8.56. The zero-order valence-electron chi connectivity index (χ0n) is 15.6. The van der Waals surface area contributed by atoms with Crippen molar-refractivity contribution in [3.63, 3.8) is 0 Å². The third-order valence-corrected chi connectivity index (χ3v) is 6.03. The Labute approximate surface area is 160 Å². The van der Waals surface area contributed by atoms with E-state index in [1.54, 1.807) is 30.6 Å². The Bertz CT molecular complexity index is 1000. The smallest absolute Gasteiger partial charge is 0.240 e. The molecule has 0 radical (unpaired) electrons. The van der Waals surface area contributed by atoms with Gasteiger partial charge in [0.25, 0.3) is 0 Å². The number of hydrogen-bond acceptors (Lipinski definition) is 4. The molecule has 5 nitrogen and oxygen atoms in total. The molecule has 0 saturated heterocycles.